The van der Waals surface area contributed by atoms with Gasteiger partial charge < -0.3 is 29.5 Å². The molecule has 0 bridgehead atoms. The molecule has 0 aliphatic carbocycles. The van der Waals surface area contributed by atoms with Gasteiger partial charge in [0.15, 0.2) is 28.4 Å². The number of hydrogen-bond donors (Lipinski definition) is 2. The molecule has 0 spiro atoms. The Morgan fingerprint density at radius 1 is 1.32 bits per heavy atom. The van der Waals surface area contributed by atoms with Gasteiger partial charge in [-0.05, 0) is 5.56 Å². The normalized spacial score (nSPS) is 30.1. The molecule has 2 aromatic heterocycles. The molecule has 2 saturated heterocycles. The number of rotatable bonds is 4. The minimum absolute atomic E-state index is 0. The smallest absolute Gasteiger partial charge is 0.756 e. The Labute approximate surface area is 203 Å². The zero-order chi connectivity index (χ0) is 20.9. The Morgan fingerprint density at radius 3 is 2.87 bits per heavy atom. The van der Waals surface area contributed by atoms with Crippen LogP contribution in [-0.2, 0) is 24.1 Å². The van der Waals surface area contributed by atoms with Gasteiger partial charge in [0.25, 0.3) is 7.82 Å². The van der Waals surface area contributed by atoms with Gasteiger partial charge >= 0.3 is 29.6 Å². The number of hydrogen-bond acceptors (Lipinski definition) is 11. The largest absolute Gasteiger partial charge is 1.00 e. The van der Waals surface area contributed by atoms with Gasteiger partial charge in [0.2, 0.25) is 0 Å². The molecule has 1 aromatic carbocycles. The van der Waals surface area contributed by atoms with Gasteiger partial charge in [-0.3, -0.25) is 9.13 Å². The summed E-state index contributed by atoms with van der Waals surface area (Å²) in [6.07, 6.45) is -2.83. The molecule has 5 atom stereocenters. The van der Waals surface area contributed by atoms with Crippen LogP contribution < -0.4 is 40.2 Å². The number of nitrogen functional groups attached to an aromatic ring is 1. The topological polar surface area (TPSA) is 158 Å². The molecule has 14 heteroatoms. The number of aliphatic hydroxyl groups excluding tert-OH is 1. The van der Waals surface area contributed by atoms with Gasteiger partial charge in [0.05, 0.1) is 6.61 Å². The molecule has 0 amide bonds. The van der Waals surface area contributed by atoms with E-state index in [1.807, 2.05) is 30.3 Å². The van der Waals surface area contributed by atoms with Gasteiger partial charge in [0.1, 0.15) is 24.6 Å². The number of fused-ring (bicyclic) bond motifs is 2. The van der Waals surface area contributed by atoms with Crippen molar-refractivity contribution >= 4 is 36.6 Å². The molecule has 5 rings (SSSR count). The third-order valence-corrected chi connectivity index (χ3v) is 6.89. The average Bonchev–Trinajstić information content (AvgIpc) is 3.25. The Balaban J connectivity index is 0.00000231. The third kappa shape index (κ3) is 4.42. The summed E-state index contributed by atoms with van der Waals surface area (Å²) in [4.78, 5) is 24.5. The van der Waals surface area contributed by atoms with Gasteiger partial charge in [-0.2, -0.15) is 0 Å². The van der Waals surface area contributed by atoms with Crippen LogP contribution in [0.25, 0.3) is 11.2 Å². The maximum Gasteiger partial charge on any atom is 1.00 e. The molecule has 3 aromatic rings. The van der Waals surface area contributed by atoms with Crippen LogP contribution in [0.15, 0.2) is 41.8 Å². The van der Waals surface area contributed by atoms with Crippen molar-refractivity contribution < 1.29 is 57.9 Å². The molecular weight excluding hydrogens is 456 g/mol. The van der Waals surface area contributed by atoms with Gasteiger partial charge in [-0.1, -0.05) is 42.1 Å². The van der Waals surface area contributed by atoms with Crippen molar-refractivity contribution in [2.45, 2.75) is 35.4 Å². The fourth-order valence-corrected chi connectivity index (χ4v) is 5.42. The van der Waals surface area contributed by atoms with E-state index >= 15 is 0 Å². The van der Waals surface area contributed by atoms with Crippen molar-refractivity contribution in [2.75, 3.05) is 12.3 Å². The number of imidazole rings is 1. The van der Waals surface area contributed by atoms with E-state index in [-0.39, 0.29) is 42.0 Å². The number of aromatic nitrogens is 4. The maximum absolute atomic E-state index is 11.7. The van der Waals surface area contributed by atoms with E-state index < -0.39 is 32.4 Å². The summed E-state index contributed by atoms with van der Waals surface area (Å²) in [5, 5.41) is 11.3. The van der Waals surface area contributed by atoms with E-state index in [0.29, 0.717) is 22.1 Å². The number of ether oxygens (including phenoxy) is 1. The van der Waals surface area contributed by atoms with E-state index in [1.54, 1.807) is 4.57 Å². The van der Waals surface area contributed by atoms with E-state index in [0.717, 1.165) is 5.56 Å². The number of nitrogens with two attached hydrogens (primary N) is 1. The first-order valence-corrected chi connectivity index (χ1v) is 11.5. The average molecular weight is 473 g/mol. The SMILES string of the molecule is Nc1ncnc2c1nc(SCc1ccccc1)n2[C@@H]1O[C@@H]2COP(=O)([O-])O[C@H]2[C@H]1O.[Na+]. The van der Waals surface area contributed by atoms with E-state index in [4.69, 9.17) is 19.5 Å². The summed E-state index contributed by atoms with van der Waals surface area (Å²) < 4.78 is 28.8. The molecule has 2 aliphatic heterocycles. The first-order valence-electron chi connectivity index (χ1n) is 9.05. The molecule has 2 aliphatic rings. The Hall–Kier alpha value is -1.05. The van der Waals surface area contributed by atoms with Crippen LogP contribution in [0.3, 0.4) is 0 Å². The summed E-state index contributed by atoms with van der Waals surface area (Å²) in [5.41, 5.74) is 7.78. The molecule has 0 radical (unpaired) electrons. The summed E-state index contributed by atoms with van der Waals surface area (Å²) in [5.74, 6) is 0.788. The van der Waals surface area contributed by atoms with Crippen LogP contribution in [0, 0.1) is 0 Å². The quantitative estimate of drug-likeness (QED) is 0.242. The van der Waals surface area contributed by atoms with Crippen LogP contribution in [0.5, 0.6) is 0 Å². The molecular formula is C17H17N5NaO6PS. The number of benzene rings is 1. The van der Waals surface area contributed by atoms with E-state index in [9.17, 15) is 14.6 Å². The van der Waals surface area contributed by atoms with Crippen molar-refractivity contribution in [3.05, 3.63) is 42.2 Å². The molecule has 0 saturated carbocycles. The molecule has 2 fully saturated rings. The number of phosphoric acid groups is 1. The van der Waals surface area contributed by atoms with E-state index in [2.05, 4.69) is 15.0 Å². The molecule has 11 nitrogen and oxygen atoms in total. The molecule has 158 valence electrons. The maximum atomic E-state index is 11.7. The van der Waals surface area contributed by atoms with Gasteiger partial charge in [0, 0.05) is 5.75 Å². The summed E-state index contributed by atoms with van der Waals surface area (Å²) >= 11 is 1.41. The second-order valence-electron chi connectivity index (χ2n) is 6.84. The second kappa shape index (κ2) is 9.06. The summed E-state index contributed by atoms with van der Waals surface area (Å²) in [6.45, 7) is -0.241. The van der Waals surface area contributed by atoms with Crippen LogP contribution in [0.2, 0.25) is 0 Å². The number of phosphoric ester groups is 1. The van der Waals surface area contributed by atoms with Crippen molar-refractivity contribution in [1.82, 2.24) is 19.5 Å². The summed E-state index contributed by atoms with van der Waals surface area (Å²) in [7, 11) is -4.48. The number of aliphatic hydroxyl groups is 1. The molecule has 3 N–H and O–H groups in total. The third-order valence-electron chi connectivity index (χ3n) is 4.90. The number of nitrogens with zero attached hydrogens (tertiary/aromatic N) is 4. The zero-order valence-corrected chi connectivity index (χ0v) is 20.1. The number of thioether (sulfide) groups is 1. The second-order valence-corrected chi connectivity index (χ2v) is 9.14. The van der Waals surface area contributed by atoms with Crippen molar-refractivity contribution in [3.8, 4) is 0 Å². The van der Waals surface area contributed by atoms with Crippen LogP contribution in [-0.4, -0.2) is 49.5 Å². The minimum atomic E-state index is -4.48. The molecule has 1 unspecified atom stereocenters. The molecule has 31 heavy (non-hydrogen) atoms. The minimum Gasteiger partial charge on any atom is -0.756 e. The monoisotopic (exact) mass is 473 g/mol. The Bertz CT molecular complexity index is 1140. The predicted molar refractivity (Wildman–Crippen MR) is 104 cm³/mol. The van der Waals surface area contributed by atoms with Crippen LogP contribution >= 0.6 is 19.6 Å². The van der Waals surface area contributed by atoms with Crippen molar-refractivity contribution in [3.63, 3.8) is 0 Å². The first kappa shape index (κ1) is 23.1. The first-order chi connectivity index (χ1) is 14.4. The Morgan fingerprint density at radius 2 is 2.10 bits per heavy atom. The fraction of sp³-hybridized carbons (Fsp3) is 0.353. The fourth-order valence-electron chi connectivity index (χ4n) is 3.50. The standard InChI is InChI=1S/C17H18N5O6PS.Na/c18-14-11-15(20-8-19-14)22(17(21-11)30-7-9-4-2-1-3-5-9)16-12(23)13-10(27-16)6-26-29(24,25)28-13;/h1-5,8,10,12-13,16,23H,6-7H2,(H,24,25)(H2,18,19,20);/q;+1/p-1/t10-,12-,13-,16-;/m1./s1. The van der Waals surface area contributed by atoms with E-state index in [1.165, 1.54) is 18.1 Å². The van der Waals surface area contributed by atoms with Crippen LogP contribution in [0.4, 0.5) is 5.82 Å². The van der Waals surface area contributed by atoms with Crippen LogP contribution in [0.1, 0.15) is 11.8 Å². The summed E-state index contributed by atoms with van der Waals surface area (Å²) in [6, 6.07) is 9.78. The Kier molecular flexibility index (Phi) is 6.76. The number of anilines is 1. The van der Waals surface area contributed by atoms with Crippen molar-refractivity contribution in [1.29, 1.82) is 0 Å². The predicted octanol–water partition coefficient (Wildman–Crippen LogP) is -2.15. The zero-order valence-electron chi connectivity index (χ0n) is 16.4. The van der Waals surface area contributed by atoms with Gasteiger partial charge in [-0.15, -0.1) is 0 Å². The van der Waals surface area contributed by atoms with Crippen molar-refractivity contribution in [2.24, 2.45) is 0 Å². The van der Waals surface area contributed by atoms with Gasteiger partial charge in [-0.25, -0.2) is 15.0 Å². The molecule has 4 heterocycles.